The molecule has 0 amide bonds. The van der Waals surface area contributed by atoms with Crippen LogP contribution in [-0.2, 0) is 16.1 Å². The average molecular weight is 273 g/mol. The molecule has 1 N–H and O–H groups in total. The summed E-state index contributed by atoms with van der Waals surface area (Å²) >= 11 is 1.18. The van der Waals surface area contributed by atoms with Crippen LogP contribution in [0.1, 0.15) is 32.7 Å². The third-order valence-electron chi connectivity index (χ3n) is 2.34. The fraction of sp³-hybridized carbons (Fsp3) is 0.727. The summed E-state index contributed by atoms with van der Waals surface area (Å²) in [5, 5.41) is 17.5. The van der Waals surface area contributed by atoms with Crippen LogP contribution in [0.4, 0.5) is 0 Å². The van der Waals surface area contributed by atoms with E-state index in [1.54, 1.807) is 7.11 Å². The standard InChI is InChI=1S/C11H19N3O3S/c1-7(2)5-14-10(8(3)17-4)12-13-11(14)18-6-9(15)16/h7-8H,5-6H2,1-4H3,(H,15,16). The number of hydrogen-bond acceptors (Lipinski definition) is 5. The Bertz CT molecular complexity index is 406. The van der Waals surface area contributed by atoms with E-state index in [1.807, 2.05) is 11.5 Å². The molecular weight excluding hydrogens is 254 g/mol. The Hall–Kier alpha value is -1.08. The molecule has 6 nitrogen and oxygen atoms in total. The van der Waals surface area contributed by atoms with E-state index in [-0.39, 0.29) is 11.9 Å². The van der Waals surface area contributed by atoms with Gasteiger partial charge in [-0.3, -0.25) is 4.79 Å². The predicted molar refractivity (Wildman–Crippen MR) is 68.6 cm³/mol. The summed E-state index contributed by atoms with van der Waals surface area (Å²) < 4.78 is 7.19. The molecule has 0 saturated heterocycles. The monoisotopic (exact) mass is 273 g/mol. The van der Waals surface area contributed by atoms with Crippen LogP contribution in [0.2, 0.25) is 0 Å². The largest absolute Gasteiger partial charge is 0.481 e. The lowest BCUT2D eigenvalue weighted by molar-refractivity contribution is -0.133. The lowest BCUT2D eigenvalue weighted by atomic mass is 10.2. The topological polar surface area (TPSA) is 77.2 Å². The van der Waals surface area contributed by atoms with Crippen molar-refractivity contribution in [2.75, 3.05) is 12.9 Å². The van der Waals surface area contributed by atoms with Crippen molar-refractivity contribution in [3.63, 3.8) is 0 Å². The first-order valence-corrected chi connectivity index (χ1v) is 6.74. The molecule has 0 fully saturated rings. The highest BCUT2D eigenvalue weighted by atomic mass is 32.2. The molecule has 18 heavy (non-hydrogen) atoms. The summed E-state index contributed by atoms with van der Waals surface area (Å²) in [5.74, 6) is 0.282. The van der Waals surface area contributed by atoms with Crippen LogP contribution in [0.3, 0.4) is 0 Å². The van der Waals surface area contributed by atoms with Gasteiger partial charge in [0.15, 0.2) is 11.0 Å². The van der Waals surface area contributed by atoms with Gasteiger partial charge in [-0.2, -0.15) is 0 Å². The zero-order valence-corrected chi connectivity index (χ0v) is 11.9. The molecule has 102 valence electrons. The normalized spacial score (nSPS) is 12.9. The molecule has 0 aliphatic heterocycles. The van der Waals surface area contributed by atoms with E-state index in [0.29, 0.717) is 11.1 Å². The summed E-state index contributed by atoms with van der Waals surface area (Å²) in [6.45, 7) is 6.82. The van der Waals surface area contributed by atoms with Gasteiger partial charge >= 0.3 is 5.97 Å². The third kappa shape index (κ3) is 3.99. The minimum Gasteiger partial charge on any atom is -0.481 e. The van der Waals surface area contributed by atoms with Crippen molar-refractivity contribution in [2.45, 2.75) is 38.6 Å². The molecule has 0 aliphatic carbocycles. The van der Waals surface area contributed by atoms with E-state index >= 15 is 0 Å². The van der Waals surface area contributed by atoms with E-state index in [4.69, 9.17) is 9.84 Å². The number of carbonyl (C=O) groups is 1. The number of aliphatic carboxylic acids is 1. The van der Waals surface area contributed by atoms with E-state index in [9.17, 15) is 4.79 Å². The Morgan fingerprint density at radius 2 is 2.11 bits per heavy atom. The quantitative estimate of drug-likeness (QED) is 0.764. The van der Waals surface area contributed by atoms with Gasteiger partial charge in [-0.1, -0.05) is 25.6 Å². The molecule has 0 saturated carbocycles. The molecule has 0 radical (unpaired) electrons. The SMILES string of the molecule is COC(C)c1nnc(SCC(=O)O)n1CC(C)C. The first-order chi connectivity index (χ1) is 8.45. The molecule has 0 aromatic carbocycles. The van der Waals surface area contributed by atoms with E-state index in [2.05, 4.69) is 24.0 Å². The molecule has 1 aromatic heterocycles. The molecule has 0 spiro atoms. The van der Waals surface area contributed by atoms with Crippen molar-refractivity contribution in [1.29, 1.82) is 0 Å². The second-order valence-corrected chi connectivity index (χ2v) is 5.35. The minimum atomic E-state index is -0.861. The second-order valence-electron chi connectivity index (χ2n) is 4.41. The summed E-state index contributed by atoms with van der Waals surface area (Å²) in [4.78, 5) is 10.6. The van der Waals surface area contributed by atoms with Gasteiger partial charge in [-0.25, -0.2) is 0 Å². The number of carboxylic acids is 1. The Morgan fingerprint density at radius 3 is 2.61 bits per heavy atom. The second kappa shape index (κ2) is 6.75. The van der Waals surface area contributed by atoms with Gasteiger partial charge in [-0.05, 0) is 12.8 Å². The van der Waals surface area contributed by atoms with Crippen LogP contribution < -0.4 is 0 Å². The maximum atomic E-state index is 10.6. The van der Waals surface area contributed by atoms with Gasteiger partial charge in [0.25, 0.3) is 0 Å². The minimum absolute atomic E-state index is 0.0163. The smallest absolute Gasteiger partial charge is 0.313 e. The zero-order chi connectivity index (χ0) is 13.7. The molecule has 1 rings (SSSR count). The maximum absolute atomic E-state index is 10.6. The van der Waals surface area contributed by atoms with Gasteiger partial charge in [-0.15, -0.1) is 10.2 Å². The van der Waals surface area contributed by atoms with Crippen LogP contribution in [0, 0.1) is 5.92 Å². The summed E-state index contributed by atoms with van der Waals surface area (Å²) in [6.07, 6.45) is -0.157. The van der Waals surface area contributed by atoms with Crippen molar-refractivity contribution >= 4 is 17.7 Å². The van der Waals surface area contributed by atoms with E-state index in [0.717, 1.165) is 12.4 Å². The fourth-order valence-corrected chi connectivity index (χ4v) is 2.15. The maximum Gasteiger partial charge on any atom is 0.313 e. The van der Waals surface area contributed by atoms with Crippen molar-refractivity contribution < 1.29 is 14.6 Å². The van der Waals surface area contributed by atoms with Crippen LogP contribution in [0.25, 0.3) is 0 Å². The first kappa shape index (κ1) is 15.0. The highest BCUT2D eigenvalue weighted by Gasteiger charge is 2.19. The van der Waals surface area contributed by atoms with Crippen LogP contribution in [-0.4, -0.2) is 38.7 Å². The van der Waals surface area contributed by atoms with Crippen LogP contribution >= 0.6 is 11.8 Å². The lowest BCUT2D eigenvalue weighted by Crippen LogP contribution is -2.13. The highest BCUT2D eigenvalue weighted by molar-refractivity contribution is 7.99. The number of carboxylic acid groups (broad SMARTS) is 1. The van der Waals surface area contributed by atoms with Crippen molar-refractivity contribution in [3.8, 4) is 0 Å². The number of hydrogen-bond donors (Lipinski definition) is 1. The number of nitrogens with zero attached hydrogens (tertiary/aromatic N) is 3. The average Bonchev–Trinajstić information content (AvgIpc) is 2.67. The number of aromatic nitrogens is 3. The molecule has 1 atom stereocenters. The first-order valence-electron chi connectivity index (χ1n) is 5.76. The van der Waals surface area contributed by atoms with Crippen LogP contribution in [0.5, 0.6) is 0 Å². The molecule has 0 bridgehead atoms. The fourth-order valence-electron chi connectivity index (χ4n) is 1.48. The zero-order valence-electron chi connectivity index (χ0n) is 11.1. The van der Waals surface area contributed by atoms with Gasteiger partial charge < -0.3 is 14.4 Å². The Morgan fingerprint density at radius 1 is 1.44 bits per heavy atom. The number of ether oxygens (including phenoxy) is 1. The number of rotatable bonds is 7. The third-order valence-corrected chi connectivity index (χ3v) is 3.29. The number of methoxy groups -OCH3 is 1. The Kier molecular flexibility index (Phi) is 5.61. The molecule has 1 heterocycles. The molecular formula is C11H19N3O3S. The van der Waals surface area contributed by atoms with Crippen molar-refractivity contribution in [2.24, 2.45) is 5.92 Å². The highest BCUT2D eigenvalue weighted by Crippen LogP contribution is 2.23. The molecule has 1 unspecified atom stereocenters. The van der Waals surface area contributed by atoms with E-state index in [1.165, 1.54) is 11.8 Å². The summed E-state index contributed by atoms with van der Waals surface area (Å²) in [7, 11) is 1.61. The van der Waals surface area contributed by atoms with Crippen LogP contribution in [0.15, 0.2) is 5.16 Å². The summed E-state index contributed by atoms with van der Waals surface area (Å²) in [5.41, 5.74) is 0. The summed E-state index contributed by atoms with van der Waals surface area (Å²) in [6, 6.07) is 0. The molecule has 7 heteroatoms. The van der Waals surface area contributed by atoms with Crippen molar-refractivity contribution in [3.05, 3.63) is 5.82 Å². The van der Waals surface area contributed by atoms with Crippen molar-refractivity contribution in [1.82, 2.24) is 14.8 Å². The van der Waals surface area contributed by atoms with Gasteiger partial charge in [0.2, 0.25) is 0 Å². The van der Waals surface area contributed by atoms with Gasteiger partial charge in [0.05, 0.1) is 5.75 Å². The molecule has 1 aromatic rings. The predicted octanol–water partition coefficient (Wildman–Crippen LogP) is 1.82. The Balaban J connectivity index is 2.95. The van der Waals surface area contributed by atoms with E-state index < -0.39 is 5.97 Å². The van der Waals surface area contributed by atoms with Gasteiger partial charge in [0, 0.05) is 13.7 Å². The molecule has 0 aliphatic rings. The number of thioether (sulfide) groups is 1. The Labute approximate surface area is 111 Å². The van der Waals surface area contributed by atoms with Gasteiger partial charge in [0.1, 0.15) is 6.10 Å². The lowest BCUT2D eigenvalue weighted by Gasteiger charge is -2.15.